The maximum Gasteiger partial charge on any atom is 0.0366 e. The summed E-state index contributed by atoms with van der Waals surface area (Å²) in [5.41, 5.74) is 3.58. The Kier molecular flexibility index (Phi) is 6.12. The smallest absolute Gasteiger partial charge is 0.0366 e. The molecule has 4 fully saturated rings. The maximum absolute atomic E-state index is 2.81. The predicted molar refractivity (Wildman–Crippen MR) is 127 cm³/mol. The van der Waals surface area contributed by atoms with E-state index in [4.69, 9.17) is 0 Å². The molecule has 3 heteroatoms. The van der Waals surface area contributed by atoms with Crippen LogP contribution in [0.4, 0.5) is 5.69 Å². The molecule has 1 saturated carbocycles. The monoisotopic (exact) mass is 409 g/mol. The van der Waals surface area contributed by atoms with Crippen LogP contribution in [0.2, 0.25) is 0 Å². The van der Waals surface area contributed by atoms with Crippen molar-refractivity contribution in [3.63, 3.8) is 0 Å². The average Bonchev–Trinajstić information content (AvgIpc) is 2.69. The summed E-state index contributed by atoms with van der Waals surface area (Å²) in [4.78, 5) is 8.12. The van der Waals surface area contributed by atoms with Crippen molar-refractivity contribution in [3.05, 3.63) is 29.8 Å². The summed E-state index contributed by atoms with van der Waals surface area (Å²) < 4.78 is 0. The van der Waals surface area contributed by atoms with Gasteiger partial charge in [0.2, 0.25) is 0 Å². The summed E-state index contributed by atoms with van der Waals surface area (Å²) in [5, 5.41) is 0. The van der Waals surface area contributed by atoms with Gasteiger partial charge in [-0.05, 0) is 93.0 Å². The van der Waals surface area contributed by atoms with Crippen molar-refractivity contribution in [2.24, 2.45) is 17.3 Å². The molecule has 0 N–H and O–H groups in total. The van der Waals surface area contributed by atoms with Crippen LogP contribution < -0.4 is 4.90 Å². The van der Waals surface area contributed by atoms with Crippen molar-refractivity contribution < 1.29 is 0 Å². The van der Waals surface area contributed by atoms with E-state index >= 15 is 0 Å². The minimum absolute atomic E-state index is 0.651. The first-order valence-corrected chi connectivity index (χ1v) is 12.9. The molecule has 0 aromatic heterocycles. The van der Waals surface area contributed by atoms with E-state index in [1.54, 1.807) is 0 Å². The van der Waals surface area contributed by atoms with E-state index in [2.05, 4.69) is 52.8 Å². The molecule has 1 spiro atoms. The lowest BCUT2D eigenvalue weighted by Gasteiger charge is -2.50. The highest BCUT2D eigenvalue weighted by molar-refractivity contribution is 5.48. The summed E-state index contributed by atoms with van der Waals surface area (Å²) in [6, 6.07) is 10.5. The SMILES string of the molecule is CC1CC(C)CN(Cc2ccc(N3CCC4(CC3)CCN(C3CCC3)CC4)cc2)C1. The Bertz CT molecular complexity index is 667. The third-order valence-electron chi connectivity index (χ3n) is 8.93. The summed E-state index contributed by atoms with van der Waals surface area (Å²) in [7, 11) is 0. The Morgan fingerprint density at radius 1 is 0.833 bits per heavy atom. The molecule has 3 heterocycles. The van der Waals surface area contributed by atoms with Gasteiger partial charge < -0.3 is 9.80 Å². The van der Waals surface area contributed by atoms with Crippen molar-refractivity contribution in [1.29, 1.82) is 0 Å². The van der Waals surface area contributed by atoms with Crippen molar-refractivity contribution >= 4 is 5.69 Å². The van der Waals surface area contributed by atoms with Gasteiger partial charge in [0, 0.05) is 44.5 Å². The fraction of sp³-hybridized carbons (Fsp3) is 0.778. The van der Waals surface area contributed by atoms with Crippen LogP contribution in [0.15, 0.2) is 24.3 Å². The average molecular weight is 410 g/mol. The van der Waals surface area contributed by atoms with Gasteiger partial charge in [0.05, 0.1) is 0 Å². The number of hydrogen-bond donors (Lipinski definition) is 0. The molecule has 0 amide bonds. The molecule has 1 aromatic rings. The van der Waals surface area contributed by atoms with E-state index in [0.717, 1.165) is 24.4 Å². The topological polar surface area (TPSA) is 9.72 Å². The van der Waals surface area contributed by atoms with E-state index in [-0.39, 0.29) is 0 Å². The number of hydrogen-bond acceptors (Lipinski definition) is 3. The van der Waals surface area contributed by atoms with Gasteiger partial charge in [-0.1, -0.05) is 32.4 Å². The fourth-order valence-corrected chi connectivity index (χ4v) is 6.85. The van der Waals surface area contributed by atoms with Crippen LogP contribution in [0.25, 0.3) is 0 Å². The maximum atomic E-state index is 2.81. The number of anilines is 1. The van der Waals surface area contributed by atoms with Crippen LogP contribution in [0.1, 0.15) is 70.8 Å². The highest BCUT2D eigenvalue weighted by atomic mass is 15.2. The second-order valence-electron chi connectivity index (χ2n) is 11.4. The molecule has 2 atom stereocenters. The fourth-order valence-electron chi connectivity index (χ4n) is 6.85. The zero-order valence-corrected chi connectivity index (χ0v) is 19.5. The molecule has 5 rings (SSSR count). The van der Waals surface area contributed by atoms with Crippen molar-refractivity contribution in [3.8, 4) is 0 Å². The summed E-state index contributed by atoms with van der Waals surface area (Å²) in [6.07, 6.45) is 11.5. The second-order valence-corrected chi connectivity index (χ2v) is 11.4. The summed E-state index contributed by atoms with van der Waals surface area (Å²) >= 11 is 0. The zero-order chi connectivity index (χ0) is 20.6. The molecule has 4 aliphatic rings. The number of benzene rings is 1. The van der Waals surface area contributed by atoms with Crippen LogP contribution in [-0.4, -0.2) is 55.1 Å². The highest BCUT2D eigenvalue weighted by Gasteiger charge is 2.39. The molecule has 0 bridgehead atoms. The zero-order valence-electron chi connectivity index (χ0n) is 19.5. The number of nitrogens with zero attached hydrogens (tertiary/aromatic N) is 3. The third kappa shape index (κ3) is 4.58. The number of rotatable bonds is 4. The van der Waals surface area contributed by atoms with Gasteiger partial charge >= 0.3 is 0 Å². The van der Waals surface area contributed by atoms with E-state index in [0.29, 0.717) is 5.41 Å². The van der Waals surface area contributed by atoms with E-state index in [1.165, 1.54) is 102 Å². The van der Waals surface area contributed by atoms with Crippen LogP contribution in [-0.2, 0) is 6.54 Å². The quantitative estimate of drug-likeness (QED) is 0.659. The third-order valence-corrected chi connectivity index (χ3v) is 8.93. The standard InChI is InChI=1S/C27H43N3/c1-22-18-23(2)20-28(19-22)21-24-6-8-26(9-7-24)30-16-12-27(13-17-30)10-14-29(15-11-27)25-4-3-5-25/h6-9,22-23,25H,3-5,10-21H2,1-2H3. The van der Waals surface area contributed by atoms with Crippen LogP contribution in [0, 0.1) is 17.3 Å². The van der Waals surface area contributed by atoms with Crippen LogP contribution in [0.3, 0.4) is 0 Å². The van der Waals surface area contributed by atoms with Gasteiger partial charge in [-0.15, -0.1) is 0 Å². The molecule has 1 aliphatic carbocycles. The molecule has 30 heavy (non-hydrogen) atoms. The molecule has 0 radical (unpaired) electrons. The molecular weight excluding hydrogens is 366 g/mol. The minimum atomic E-state index is 0.651. The molecule has 3 saturated heterocycles. The largest absolute Gasteiger partial charge is 0.371 e. The van der Waals surface area contributed by atoms with Crippen molar-refractivity contribution in [2.45, 2.75) is 77.8 Å². The van der Waals surface area contributed by atoms with Gasteiger partial charge in [0.1, 0.15) is 0 Å². The first kappa shape index (κ1) is 20.8. The van der Waals surface area contributed by atoms with Gasteiger partial charge in [-0.3, -0.25) is 4.90 Å². The minimum Gasteiger partial charge on any atom is -0.371 e. The normalized spacial score (nSPS) is 31.1. The second kappa shape index (κ2) is 8.82. The molecule has 2 unspecified atom stereocenters. The van der Waals surface area contributed by atoms with E-state index in [9.17, 15) is 0 Å². The van der Waals surface area contributed by atoms with Gasteiger partial charge in [-0.25, -0.2) is 0 Å². The van der Waals surface area contributed by atoms with Crippen molar-refractivity contribution in [2.75, 3.05) is 44.2 Å². The van der Waals surface area contributed by atoms with Crippen LogP contribution >= 0.6 is 0 Å². The Labute approximate surface area is 184 Å². The summed E-state index contributed by atoms with van der Waals surface area (Å²) in [6.45, 7) is 13.7. The predicted octanol–water partition coefficient (Wildman–Crippen LogP) is 5.40. The first-order valence-electron chi connectivity index (χ1n) is 12.9. The highest BCUT2D eigenvalue weighted by Crippen LogP contribution is 2.43. The van der Waals surface area contributed by atoms with Crippen molar-refractivity contribution in [1.82, 2.24) is 9.80 Å². The lowest BCUT2D eigenvalue weighted by atomic mass is 9.70. The van der Waals surface area contributed by atoms with Gasteiger partial charge in [0.25, 0.3) is 0 Å². The van der Waals surface area contributed by atoms with Gasteiger partial charge in [-0.2, -0.15) is 0 Å². The first-order chi connectivity index (χ1) is 14.6. The lowest BCUT2D eigenvalue weighted by molar-refractivity contribution is 0.0306. The van der Waals surface area contributed by atoms with E-state index < -0.39 is 0 Å². The molecule has 3 nitrogen and oxygen atoms in total. The molecule has 166 valence electrons. The Morgan fingerprint density at radius 2 is 1.43 bits per heavy atom. The molecular formula is C27H43N3. The lowest BCUT2D eigenvalue weighted by Crippen LogP contribution is -2.50. The Balaban J connectivity index is 1.11. The van der Waals surface area contributed by atoms with Crippen LogP contribution in [0.5, 0.6) is 0 Å². The number of piperidine rings is 3. The van der Waals surface area contributed by atoms with E-state index in [1.807, 2.05) is 0 Å². The Hall–Kier alpha value is -1.06. The Morgan fingerprint density at radius 3 is 2.00 bits per heavy atom. The van der Waals surface area contributed by atoms with Gasteiger partial charge in [0.15, 0.2) is 0 Å². The number of likely N-dealkylation sites (tertiary alicyclic amines) is 2. The summed E-state index contributed by atoms with van der Waals surface area (Å²) in [5.74, 6) is 1.68. The molecule has 1 aromatic carbocycles. The molecule has 3 aliphatic heterocycles.